The molecule has 0 spiro atoms. The van der Waals surface area contributed by atoms with E-state index in [4.69, 9.17) is 14.2 Å². The van der Waals surface area contributed by atoms with Crippen molar-refractivity contribution in [1.29, 1.82) is 0 Å². The molecule has 24 heavy (non-hydrogen) atoms. The van der Waals surface area contributed by atoms with E-state index in [0.717, 1.165) is 0 Å². The van der Waals surface area contributed by atoms with Gasteiger partial charge in [-0.1, -0.05) is 33.9 Å². The van der Waals surface area contributed by atoms with Crippen LogP contribution in [-0.2, 0) is 4.74 Å². The molecule has 1 heterocycles. The standard InChI is InChI=1S/C18H28O5Si/c1-18(2,3)16(24(6)7)14(19)15-10-8-12(21-4)13(22-5)9-11(10)17(20)23-15/h8-9,14-16,19,24H,1-7H3/t14-,15-,16?/m1/s1. The van der Waals surface area contributed by atoms with Crippen LogP contribution in [0.25, 0.3) is 0 Å². The Labute approximate surface area is 145 Å². The summed E-state index contributed by atoms with van der Waals surface area (Å²) in [4.78, 5) is 12.3. The molecular weight excluding hydrogens is 324 g/mol. The van der Waals surface area contributed by atoms with Crippen molar-refractivity contribution in [3.63, 3.8) is 0 Å². The Balaban J connectivity index is 2.47. The van der Waals surface area contributed by atoms with Crippen molar-refractivity contribution in [3.05, 3.63) is 23.3 Å². The smallest absolute Gasteiger partial charge is 0.339 e. The fraction of sp³-hybridized carbons (Fsp3) is 0.611. The second-order valence-electron chi connectivity index (χ2n) is 7.75. The number of rotatable bonds is 5. The minimum atomic E-state index is -1.19. The molecule has 2 rings (SSSR count). The Morgan fingerprint density at radius 3 is 2.17 bits per heavy atom. The van der Waals surface area contributed by atoms with Gasteiger partial charge in [-0.2, -0.15) is 0 Å². The number of ether oxygens (including phenoxy) is 3. The highest BCUT2D eigenvalue weighted by molar-refractivity contribution is 6.57. The molecule has 0 bridgehead atoms. The number of esters is 1. The van der Waals surface area contributed by atoms with Crippen LogP contribution in [0.2, 0.25) is 18.6 Å². The topological polar surface area (TPSA) is 65.0 Å². The number of fused-ring (bicyclic) bond motifs is 1. The van der Waals surface area contributed by atoms with Crippen molar-refractivity contribution in [3.8, 4) is 11.5 Å². The largest absolute Gasteiger partial charge is 0.493 e. The summed E-state index contributed by atoms with van der Waals surface area (Å²) in [6.45, 7) is 10.8. The van der Waals surface area contributed by atoms with Crippen molar-refractivity contribution in [2.24, 2.45) is 5.41 Å². The lowest BCUT2D eigenvalue weighted by Gasteiger charge is -2.39. The predicted molar refractivity (Wildman–Crippen MR) is 95.8 cm³/mol. The average Bonchev–Trinajstić information content (AvgIpc) is 2.80. The summed E-state index contributed by atoms with van der Waals surface area (Å²) >= 11 is 0. The lowest BCUT2D eigenvalue weighted by Crippen LogP contribution is -2.39. The second-order valence-corrected chi connectivity index (χ2v) is 11.0. The number of benzene rings is 1. The molecule has 0 radical (unpaired) electrons. The maximum Gasteiger partial charge on any atom is 0.339 e. The zero-order valence-electron chi connectivity index (χ0n) is 15.5. The Bertz CT molecular complexity index is 621. The second kappa shape index (κ2) is 6.76. The minimum absolute atomic E-state index is 0.0640. The van der Waals surface area contributed by atoms with E-state index in [1.807, 2.05) is 0 Å². The molecule has 1 aromatic rings. The molecule has 5 nitrogen and oxygen atoms in total. The van der Waals surface area contributed by atoms with Gasteiger partial charge in [-0.25, -0.2) is 4.79 Å². The van der Waals surface area contributed by atoms with Crippen LogP contribution < -0.4 is 9.47 Å². The highest BCUT2D eigenvalue weighted by Gasteiger charge is 2.44. The maximum absolute atomic E-state index is 12.3. The van der Waals surface area contributed by atoms with Crippen molar-refractivity contribution in [1.82, 2.24) is 0 Å². The van der Waals surface area contributed by atoms with Gasteiger partial charge in [-0.05, 0) is 23.1 Å². The zero-order valence-corrected chi connectivity index (χ0v) is 16.7. The van der Waals surface area contributed by atoms with Crippen LogP contribution >= 0.6 is 0 Å². The van der Waals surface area contributed by atoms with E-state index in [0.29, 0.717) is 22.6 Å². The zero-order chi connectivity index (χ0) is 18.2. The van der Waals surface area contributed by atoms with Crippen LogP contribution in [0.5, 0.6) is 11.5 Å². The normalized spacial score (nSPS) is 19.7. The molecule has 0 saturated heterocycles. The summed E-state index contributed by atoms with van der Waals surface area (Å²) in [5.74, 6) is 0.586. The molecule has 1 aromatic carbocycles. The molecule has 1 unspecified atom stereocenters. The van der Waals surface area contributed by atoms with E-state index in [1.54, 1.807) is 19.2 Å². The third kappa shape index (κ3) is 3.30. The monoisotopic (exact) mass is 352 g/mol. The molecular formula is C18H28O5Si. The number of aliphatic hydroxyl groups excluding tert-OH is 1. The lowest BCUT2D eigenvalue weighted by molar-refractivity contribution is -0.0234. The quantitative estimate of drug-likeness (QED) is 0.651. The van der Waals surface area contributed by atoms with Crippen LogP contribution in [0.15, 0.2) is 12.1 Å². The van der Waals surface area contributed by atoms with Crippen LogP contribution in [-0.4, -0.2) is 40.2 Å². The molecule has 0 amide bonds. The van der Waals surface area contributed by atoms with Crippen LogP contribution in [0.1, 0.15) is 42.8 Å². The van der Waals surface area contributed by atoms with E-state index < -0.39 is 27.0 Å². The summed E-state index contributed by atoms with van der Waals surface area (Å²) < 4.78 is 16.1. The van der Waals surface area contributed by atoms with Gasteiger partial charge in [0.05, 0.1) is 25.9 Å². The van der Waals surface area contributed by atoms with Gasteiger partial charge in [0.2, 0.25) is 0 Å². The Hall–Kier alpha value is -1.53. The van der Waals surface area contributed by atoms with Gasteiger partial charge in [0.1, 0.15) is 0 Å². The van der Waals surface area contributed by atoms with E-state index in [-0.39, 0.29) is 11.0 Å². The average molecular weight is 353 g/mol. The van der Waals surface area contributed by atoms with Crippen LogP contribution in [0.3, 0.4) is 0 Å². The first-order chi connectivity index (χ1) is 11.1. The summed E-state index contributed by atoms with van der Waals surface area (Å²) in [5, 5.41) is 11.1. The Morgan fingerprint density at radius 1 is 1.17 bits per heavy atom. The first-order valence-corrected chi connectivity index (χ1v) is 11.2. The number of hydrogen-bond acceptors (Lipinski definition) is 5. The molecule has 0 aliphatic carbocycles. The number of hydrogen-bond donors (Lipinski definition) is 1. The summed E-state index contributed by atoms with van der Waals surface area (Å²) in [6.07, 6.45) is -1.40. The van der Waals surface area contributed by atoms with Crippen molar-refractivity contribution in [2.75, 3.05) is 14.2 Å². The molecule has 0 aromatic heterocycles. The fourth-order valence-corrected chi connectivity index (χ4v) is 6.89. The van der Waals surface area contributed by atoms with E-state index in [1.165, 1.54) is 7.11 Å². The molecule has 0 saturated carbocycles. The first-order valence-electron chi connectivity index (χ1n) is 8.26. The molecule has 3 atom stereocenters. The fourth-order valence-electron chi connectivity index (χ4n) is 3.90. The number of cyclic esters (lactones) is 1. The van der Waals surface area contributed by atoms with Gasteiger partial charge >= 0.3 is 5.97 Å². The van der Waals surface area contributed by atoms with E-state index in [9.17, 15) is 9.90 Å². The lowest BCUT2D eigenvalue weighted by atomic mass is 9.85. The SMILES string of the molecule is COc1cc2c(cc1OC)[C@H]([C@@H](O)C([SiH](C)C)C(C)(C)C)OC2=O. The highest BCUT2D eigenvalue weighted by Crippen LogP contribution is 2.47. The summed E-state index contributed by atoms with van der Waals surface area (Å²) in [6, 6.07) is 3.37. The summed E-state index contributed by atoms with van der Waals surface area (Å²) in [7, 11) is 1.88. The van der Waals surface area contributed by atoms with Gasteiger partial charge < -0.3 is 19.3 Å². The number of methoxy groups -OCH3 is 2. The third-order valence-electron chi connectivity index (χ3n) is 4.71. The Kier molecular flexibility index (Phi) is 5.30. The summed E-state index contributed by atoms with van der Waals surface area (Å²) in [5.41, 5.74) is 1.16. The minimum Gasteiger partial charge on any atom is -0.493 e. The van der Waals surface area contributed by atoms with Gasteiger partial charge in [0.15, 0.2) is 17.6 Å². The Morgan fingerprint density at radius 2 is 1.71 bits per heavy atom. The van der Waals surface area contributed by atoms with Gasteiger partial charge in [-0.3, -0.25) is 0 Å². The van der Waals surface area contributed by atoms with Gasteiger partial charge in [0, 0.05) is 14.4 Å². The first kappa shape index (κ1) is 18.8. The number of carbonyl (C=O) groups excluding carboxylic acids is 1. The number of aliphatic hydroxyl groups is 1. The van der Waals surface area contributed by atoms with E-state index >= 15 is 0 Å². The molecule has 1 N–H and O–H groups in total. The number of carbonyl (C=O) groups is 1. The highest BCUT2D eigenvalue weighted by atomic mass is 28.3. The van der Waals surface area contributed by atoms with Crippen molar-refractivity contribution in [2.45, 2.75) is 51.6 Å². The van der Waals surface area contributed by atoms with Crippen molar-refractivity contribution >= 4 is 14.8 Å². The van der Waals surface area contributed by atoms with Gasteiger partial charge in [0.25, 0.3) is 0 Å². The maximum atomic E-state index is 12.3. The molecule has 1 aliphatic rings. The molecule has 1 aliphatic heterocycles. The van der Waals surface area contributed by atoms with Crippen LogP contribution in [0.4, 0.5) is 0 Å². The molecule has 6 heteroatoms. The third-order valence-corrected chi connectivity index (χ3v) is 7.54. The van der Waals surface area contributed by atoms with E-state index in [2.05, 4.69) is 33.9 Å². The van der Waals surface area contributed by atoms with Crippen molar-refractivity contribution < 1.29 is 24.1 Å². The van der Waals surface area contributed by atoms with Crippen LogP contribution in [0, 0.1) is 5.41 Å². The van der Waals surface area contributed by atoms with Gasteiger partial charge in [-0.15, -0.1) is 0 Å². The predicted octanol–water partition coefficient (Wildman–Crippen LogP) is 3.18. The molecule has 134 valence electrons. The molecule has 0 fully saturated rings.